The standard InChI is InChI=1S/C3H6N4S/c1-6-3(8)7(4)2-5-6/h2H,4H2,1H3. The first-order valence-electron chi connectivity index (χ1n) is 2.07. The summed E-state index contributed by atoms with van der Waals surface area (Å²) in [5.74, 6) is 5.27. The second kappa shape index (κ2) is 1.59. The molecule has 0 unspecified atom stereocenters. The molecule has 2 N–H and O–H groups in total. The molecule has 0 saturated heterocycles. The van der Waals surface area contributed by atoms with Gasteiger partial charge in [0, 0.05) is 7.05 Å². The van der Waals surface area contributed by atoms with Gasteiger partial charge in [-0.1, -0.05) is 0 Å². The Labute approximate surface area is 51.5 Å². The van der Waals surface area contributed by atoms with Gasteiger partial charge in [-0.25, -0.2) is 9.36 Å². The van der Waals surface area contributed by atoms with Gasteiger partial charge in [-0.05, 0) is 12.2 Å². The summed E-state index contributed by atoms with van der Waals surface area (Å²) < 4.78 is 3.33. The van der Waals surface area contributed by atoms with Crippen molar-refractivity contribution < 1.29 is 0 Å². The number of nitrogens with zero attached hydrogens (tertiary/aromatic N) is 3. The average Bonchev–Trinajstić information content (AvgIpc) is 1.98. The van der Waals surface area contributed by atoms with Crippen LogP contribution in [-0.4, -0.2) is 14.5 Å². The fourth-order valence-corrected chi connectivity index (χ4v) is 0.493. The highest BCUT2D eigenvalue weighted by Gasteiger charge is 1.87. The van der Waals surface area contributed by atoms with Gasteiger partial charge in [0.1, 0.15) is 6.33 Å². The summed E-state index contributed by atoms with van der Waals surface area (Å²) in [6, 6.07) is 0. The molecular weight excluding hydrogens is 124 g/mol. The maximum Gasteiger partial charge on any atom is 0.216 e. The molecule has 0 atom stereocenters. The first-order valence-corrected chi connectivity index (χ1v) is 2.48. The third-order valence-corrected chi connectivity index (χ3v) is 1.32. The van der Waals surface area contributed by atoms with Gasteiger partial charge in [-0.2, -0.15) is 5.10 Å². The van der Waals surface area contributed by atoms with Crippen LogP contribution in [0.3, 0.4) is 0 Å². The van der Waals surface area contributed by atoms with Gasteiger partial charge in [0.15, 0.2) is 0 Å². The lowest BCUT2D eigenvalue weighted by Crippen LogP contribution is -2.06. The molecule has 44 valence electrons. The van der Waals surface area contributed by atoms with Crippen LogP contribution in [0.1, 0.15) is 0 Å². The fraction of sp³-hybridized carbons (Fsp3) is 0.333. The number of rotatable bonds is 0. The first-order chi connectivity index (χ1) is 3.72. The van der Waals surface area contributed by atoms with Gasteiger partial charge in [0.2, 0.25) is 4.77 Å². The third kappa shape index (κ3) is 0.604. The quantitative estimate of drug-likeness (QED) is 0.386. The van der Waals surface area contributed by atoms with Crippen molar-refractivity contribution in [3.63, 3.8) is 0 Å². The topological polar surface area (TPSA) is 48.8 Å². The molecule has 0 radical (unpaired) electrons. The van der Waals surface area contributed by atoms with E-state index in [2.05, 4.69) is 5.10 Å². The molecule has 0 aliphatic heterocycles. The zero-order chi connectivity index (χ0) is 6.15. The minimum Gasteiger partial charge on any atom is -0.336 e. The van der Waals surface area contributed by atoms with Crippen LogP contribution in [0, 0.1) is 4.77 Å². The first kappa shape index (κ1) is 5.30. The van der Waals surface area contributed by atoms with E-state index < -0.39 is 0 Å². The summed E-state index contributed by atoms with van der Waals surface area (Å²) in [6.07, 6.45) is 1.46. The van der Waals surface area contributed by atoms with Crippen molar-refractivity contribution in [3.05, 3.63) is 11.1 Å². The maximum atomic E-state index is 5.27. The lowest BCUT2D eigenvalue weighted by Gasteiger charge is -1.84. The largest absolute Gasteiger partial charge is 0.336 e. The highest BCUT2D eigenvalue weighted by molar-refractivity contribution is 7.71. The van der Waals surface area contributed by atoms with Crippen molar-refractivity contribution in [1.29, 1.82) is 0 Å². The van der Waals surface area contributed by atoms with E-state index in [-0.39, 0.29) is 0 Å². The van der Waals surface area contributed by atoms with E-state index in [0.717, 1.165) is 0 Å². The Balaban J connectivity index is 3.42. The van der Waals surface area contributed by atoms with Crippen LogP contribution in [0.5, 0.6) is 0 Å². The molecular formula is C3H6N4S. The molecule has 0 saturated carbocycles. The van der Waals surface area contributed by atoms with Crippen LogP contribution in [-0.2, 0) is 7.05 Å². The second-order valence-corrected chi connectivity index (χ2v) is 1.81. The van der Waals surface area contributed by atoms with Gasteiger partial charge < -0.3 is 5.84 Å². The van der Waals surface area contributed by atoms with Crippen LogP contribution >= 0.6 is 12.2 Å². The molecule has 0 aliphatic rings. The predicted octanol–water partition coefficient (Wildman–Crippen LogP) is -0.335. The Kier molecular flexibility index (Phi) is 1.05. The van der Waals surface area contributed by atoms with Crippen molar-refractivity contribution in [2.45, 2.75) is 0 Å². The van der Waals surface area contributed by atoms with Gasteiger partial charge in [0.25, 0.3) is 0 Å². The van der Waals surface area contributed by atoms with E-state index in [4.69, 9.17) is 18.1 Å². The van der Waals surface area contributed by atoms with Gasteiger partial charge >= 0.3 is 0 Å². The number of aryl methyl sites for hydroxylation is 1. The molecule has 0 fully saturated rings. The number of aromatic nitrogens is 3. The average molecular weight is 130 g/mol. The summed E-state index contributed by atoms with van der Waals surface area (Å²) in [7, 11) is 1.74. The minimum atomic E-state index is 0.519. The van der Waals surface area contributed by atoms with Crippen molar-refractivity contribution >= 4 is 12.2 Å². The second-order valence-electron chi connectivity index (χ2n) is 1.44. The van der Waals surface area contributed by atoms with Crippen LogP contribution in [0.4, 0.5) is 0 Å². The SMILES string of the molecule is Cn1ncn(N)c1=S. The van der Waals surface area contributed by atoms with Crippen molar-refractivity contribution in [1.82, 2.24) is 14.5 Å². The van der Waals surface area contributed by atoms with Gasteiger partial charge in [0.05, 0.1) is 0 Å². The number of nitrogens with two attached hydrogens (primary N) is 1. The van der Waals surface area contributed by atoms with Gasteiger partial charge in [-0.15, -0.1) is 0 Å². The summed E-state index contributed by atoms with van der Waals surface area (Å²) >= 11 is 4.77. The van der Waals surface area contributed by atoms with Crippen molar-refractivity contribution in [2.75, 3.05) is 5.84 Å². The normalized spacial score (nSPS) is 9.62. The lowest BCUT2D eigenvalue weighted by atomic mass is 11.2. The number of nitrogen functional groups attached to an aromatic ring is 1. The molecule has 1 heterocycles. The third-order valence-electron chi connectivity index (χ3n) is 0.847. The van der Waals surface area contributed by atoms with E-state index in [1.165, 1.54) is 15.7 Å². The zero-order valence-corrected chi connectivity index (χ0v) is 5.22. The van der Waals surface area contributed by atoms with E-state index in [0.29, 0.717) is 4.77 Å². The molecule has 1 aromatic heterocycles. The van der Waals surface area contributed by atoms with Crippen LogP contribution < -0.4 is 5.84 Å². The Morgan fingerprint density at radius 2 is 2.50 bits per heavy atom. The molecule has 8 heavy (non-hydrogen) atoms. The van der Waals surface area contributed by atoms with Gasteiger partial charge in [-0.3, -0.25) is 0 Å². The summed E-state index contributed by atoms with van der Waals surface area (Å²) in [4.78, 5) is 0. The molecule has 0 amide bonds. The van der Waals surface area contributed by atoms with E-state index in [1.807, 2.05) is 0 Å². The Morgan fingerprint density at radius 3 is 2.62 bits per heavy atom. The minimum absolute atomic E-state index is 0.519. The summed E-state index contributed by atoms with van der Waals surface area (Å²) in [5.41, 5.74) is 0. The molecule has 0 bridgehead atoms. The predicted molar refractivity (Wildman–Crippen MR) is 32.2 cm³/mol. The molecule has 0 aromatic carbocycles. The van der Waals surface area contributed by atoms with Crippen molar-refractivity contribution in [2.24, 2.45) is 7.05 Å². The Hall–Kier alpha value is -0.840. The Bertz CT molecular complexity index is 211. The zero-order valence-electron chi connectivity index (χ0n) is 4.40. The molecule has 4 nitrogen and oxygen atoms in total. The van der Waals surface area contributed by atoms with Crippen molar-refractivity contribution in [3.8, 4) is 0 Å². The van der Waals surface area contributed by atoms with E-state index in [1.54, 1.807) is 7.05 Å². The maximum absolute atomic E-state index is 5.27. The smallest absolute Gasteiger partial charge is 0.216 e. The van der Waals surface area contributed by atoms with Crippen LogP contribution in [0.15, 0.2) is 6.33 Å². The highest BCUT2D eigenvalue weighted by atomic mass is 32.1. The lowest BCUT2D eigenvalue weighted by molar-refractivity contribution is 0.746. The fourth-order valence-electron chi connectivity index (χ4n) is 0.399. The number of hydrogen-bond acceptors (Lipinski definition) is 3. The monoisotopic (exact) mass is 130 g/mol. The summed E-state index contributed by atoms with van der Waals surface area (Å²) in [5, 5.41) is 3.77. The van der Waals surface area contributed by atoms with E-state index in [9.17, 15) is 0 Å². The Morgan fingerprint density at radius 1 is 1.88 bits per heavy atom. The summed E-state index contributed by atoms with van der Waals surface area (Å²) in [6.45, 7) is 0. The number of hydrogen-bond donors (Lipinski definition) is 1. The molecule has 0 aliphatic carbocycles. The van der Waals surface area contributed by atoms with E-state index >= 15 is 0 Å². The molecule has 1 aromatic rings. The highest BCUT2D eigenvalue weighted by Crippen LogP contribution is 1.80. The molecule has 5 heteroatoms. The molecule has 0 spiro atoms. The van der Waals surface area contributed by atoms with Crippen LogP contribution in [0.2, 0.25) is 0 Å². The van der Waals surface area contributed by atoms with Crippen LogP contribution in [0.25, 0.3) is 0 Å². The molecule has 1 rings (SSSR count).